The van der Waals surface area contributed by atoms with Crippen LogP contribution in [0.3, 0.4) is 0 Å². The van der Waals surface area contributed by atoms with Crippen molar-refractivity contribution >= 4 is 11.7 Å². The molecule has 1 saturated carbocycles. The Morgan fingerprint density at radius 1 is 1.54 bits per heavy atom. The van der Waals surface area contributed by atoms with Crippen LogP contribution in [-0.4, -0.2) is 18.7 Å². The predicted octanol–water partition coefficient (Wildman–Crippen LogP) is 1.27. The largest absolute Gasteiger partial charge is 0.358 e. The molecule has 0 aromatic carbocycles. The van der Waals surface area contributed by atoms with Gasteiger partial charge in [0.25, 0.3) is 0 Å². The Bertz CT molecular complexity index is 215. The maximum atomic E-state index is 11.7. The van der Waals surface area contributed by atoms with Gasteiger partial charge in [-0.3, -0.25) is 9.59 Å². The first-order valence-electron chi connectivity index (χ1n) is 4.93. The van der Waals surface area contributed by atoms with Gasteiger partial charge in [0.15, 0.2) is 0 Å². The molecular formula is C10H17NO2. The monoisotopic (exact) mass is 183 g/mol. The Kier molecular flexibility index (Phi) is 3.07. The average molecular weight is 183 g/mol. The van der Waals surface area contributed by atoms with Gasteiger partial charge in [-0.25, -0.2) is 0 Å². The predicted molar refractivity (Wildman–Crippen MR) is 50.3 cm³/mol. The lowest BCUT2D eigenvalue weighted by atomic mass is 9.70. The number of ketones is 1. The molecule has 1 N–H and O–H groups in total. The molecule has 3 heteroatoms. The van der Waals surface area contributed by atoms with Crippen LogP contribution in [0.4, 0.5) is 0 Å². The molecule has 0 saturated heterocycles. The molecule has 0 aliphatic heterocycles. The van der Waals surface area contributed by atoms with Crippen LogP contribution in [0.2, 0.25) is 0 Å². The van der Waals surface area contributed by atoms with Gasteiger partial charge in [-0.2, -0.15) is 0 Å². The Balaban J connectivity index is 2.88. The number of Topliss-reactive ketones (excluding diaryl/α,β-unsaturated/α-hetero) is 1. The quantitative estimate of drug-likeness (QED) is 0.655. The van der Waals surface area contributed by atoms with Gasteiger partial charge in [-0.05, 0) is 19.3 Å². The summed E-state index contributed by atoms with van der Waals surface area (Å²) in [5.41, 5.74) is -0.701. The average Bonchev–Trinajstić information content (AvgIpc) is 2.18. The number of carbonyl (C=O) groups is 2. The van der Waals surface area contributed by atoms with Gasteiger partial charge in [-0.15, -0.1) is 0 Å². The highest BCUT2D eigenvalue weighted by molar-refractivity contribution is 6.06. The van der Waals surface area contributed by atoms with Crippen LogP contribution < -0.4 is 5.32 Å². The topological polar surface area (TPSA) is 46.2 Å². The van der Waals surface area contributed by atoms with Gasteiger partial charge in [0.05, 0.1) is 0 Å². The van der Waals surface area contributed by atoms with E-state index in [4.69, 9.17) is 0 Å². The van der Waals surface area contributed by atoms with E-state index in [-0.39, 0.29) is 11.7 Å². The first kappa shape index (κ1) is 10.2. The highest BCUT2D eigenvalue weighted by atomic mass is 16.2. The van der Waals surface area contributed by atoms with Crippen molar-refractivity contribution in [1.29, 1.82) is 0 Å². The van der Waals surface area contributed by atoms with E-state index in [0.717, 1.165) is 19.3 Å². The molecule has 1 fully saturated rings. The second-order valence-corrected chi connectivity index (χ2v) is 3.65. The van der Waals surface area contributed by atoms with Crippen LogP contribution in [0.1, 0.15) is 39.0 Å². The van der Waals surface area contributed by atoms with Crippen molar-refractivity contribution in [3.05, 3.63) is 0 Å². The fraction of sp³-hybridized carbons (Fsp3) is 0.800. The van der Waals surface area contributed by atoms with Gasteiger partial charge in [0.2, 0.25) is 5.91 Å². The molecule has 0 spiro atoms. The molecule has 13 heavy (non-hydrogen) atoms. The zero-order valence-electron chi connectivity index (χ0n) is 8.35. The van der Waals surface area contributed by atoms with Crippen LogP contribution in [0.15, 0.2) is 0 Å². The molecule has 0 bridgehead atoms. The molecule has 1 aliphatic carbocycles. The minimum absolute atomic E-state index is 0.0975. The first-order valence-corrected chi connectivity index (χ1v) is 4.93. The molecule has 0 aromatic heterocycles. The standard InChI is InChI=1S/C10H17NO2/c1-3-10(9(13)11-2)7-5-4-6-8(10)12/h3-7H2,1-2H3,(H,11,13). The van der Waals surface area contributed by atoms with E-state index in [9.17, 15) is 9.59 Å². The van der Waals surface area contributed by atoms with Crippen molar-refractivity contribution in [3.8, 4) is 0 Å². The maximum absolute atomic E-state index is 11.7. The summed E-state index contributed by atoms with van der Waals surface area (Å²) in [6.45, 7) is 1.92. The van der Waals surface area contributed by atoms with Crippen molar-refractivity contribution in [1.82, 2.24) is 5.32 Å². The molecule has 1 amide bonds. The summed E-state index contributed by atoms with van der Waals surface area (Å²) in [4.78, 5) is 23.3. The van der Waals surface area contributed by atoms with Crippen LogP contribution in [-0.2, 0) is 9.59 Å². The normalized spacial score (nSPS) is 28.6. The molecule has 3 nitrogen and oxygen atoms in total. The third-order valence-electron chi connectivity index (χ3n) is 3.06. The summed E-state index contributed by atoms with van der Waals surface area (Å²) < 4.78 is 0. The zero-order chi connectivity index (χ0) is 9.90. The molecule has 0 radical (unpaired) electrons. The van der Waals surface area contributed by atoms with E-state index < -0.39 is 5.41 Å². The van der Waals surface area contributed by atoms with Crippen molar-refractivity contribution < 1.29 is 9.59 Å². The van der Waals surface area contributed by atoms with Crippen molar-refractivity contribution in [3.63, 3.8) is 0 Å². The van der Waals surface area contributed by atoms with Crippen LogP contribution >= 0.6 is 0 Å². The van der Waals surface area contributed by atoms with Crippen LogP contribution in [0, 0.1) is 5.41 Å². The summed E-state index contributed by atoms with van der Waals surface area (Å²) in [7, 11) is 1.60. The lowest BCUT2D eigenvalue weighted by molar-refractivity contribution is -0.144. The van der Waals surface area contributed by atoms with Gasteiger partial charge in [0.1, 0.15) is 11.2 Å². The number of rotatable bonds is 2. The van der Waals surface area contributed by atoms with Gasteiger partial charge >= 0.3 is 0 Å². The molecule has 1 rings (SSSR count). The first-order chi connectivity index (χ1) is 6.17. The number of carbonyl (C=O) groups excluding carboxylic acids is 2. The third kappa shape index (κ3) is 1.60. The lowest BCUT2D eigenvalue weighted by Crippen LogP contribution is -2.46. The summed E-state index contributed by atoms with van der Waals surface area (Å²) in [5.74, 6) is 0.0281. The smallest absolute Gasteiger partial charge is 0.233 e. The molecule has 0 heterocycles. The van der Waals surface area contributed by atoms with E-state index in [0.29, 0.717) is 12.8 Å². The van der Waals surface area contributed by atoms with Crippen molar-refractivity contribution in [2.45, 2.75) is 39.0 Å². The SMILES string of the molecule is CCC1(C(=O)NC)CCCCC1=O. The Morgan fingerprint density at radius 3 is 2.69 bits per heavy atom. The van der Waals surface area contributed by atoms with Crippen LogP contribution in [0.25, 0.3) is 0 Å². The number of hydrogen-bond donors (Lipinski definition) is 1. The molecule has 74 valence electrons. The fourth-order valence-electron chi connectivity index (χ4n) is 2.10. The fourth-order valence-corrected chi connectivity index (χ4v) is 2.10. The van der Waals surface area contributed by atoms with Gasteiger partial charge in [0, 0.05) is 13.5 Å². The second kappa shape index (κ2) is 3.90. The molecule has 0 aromatic rings. The van der Waals surface area contributed by atoms with E-state index in [1.54, 1.807) is 7.05 Å². The molecule has 1 aliphatic rings. The minimum atomic E-state index is -0.701. The van der Waals surface area contributed by atoms with Crippen molar-refractivity contribution in [2.24, 2.45) is 5.41 Å². The third-order valence-corrected chi connectivity index (χ3v) is 3.06. The zero-order valence-corrected chi connectivity index (χ0v) is 8.35. The van der Waals surface area contributed by atoms with E-state index in [1.165, 1.54) is 0 Å². The lowest BCUT2D eigenvalue weighted by Gasteiger charge is -2.32. The second-order valence-electron chi connectivity index (χ2n) is 3.65. The Hall–Kier alpha value is -0.860. The highest BCUT2D eigenvalue weighted by Crippen LogP contribution is 2.36. The highest BCUT2D eigenvalue weighted by Gasteiger charge is 2.44. The van der Waals surface area contributed by atoms with E-state index >= 15 is 0 Å². The summed E-state index contributed by atoms with van der Waals surface area (Å²) in [6, 6.07) is 0. The number of hydrogen-bond acceptors (Lipinski definition) is 2. The Morgan fingerprint density at radius 2 is 2.23 bits per heavy atom. The summed E-state index contributed by atoms with van der Waals surface area (Å²) in [5, 5.41) is 2.60. The molecule has 1 atom stereocenters. The minimum Gasteiger partial charge on any atom is -0.358 e. The van der Waals surface area contributed by atoms with Crippen LogP contribution in [0.5, 0.6) is 0 Å². The van der Waals surface area contributed by atoms with Gasteiger partial charge in [-0.1, -0.05) is 13.3 Å². The summed E-state index contributed by atoms with van der Waals surface area (Å²) >= 11 is 0. The maximum Gasteiger partial charge on any atom is 0.233 e. The number of nitrogens with one attached hydrogen (secondary N) is 1. The Labute approximate surface area is 78.9 Å². The molecular weight excluding hydrogens is 166 g/mol. The van der Waals surface area contributed by atoms with E-state index in [1.807, 2.05) is 6.92 Å². The van der Waals surface area contributed by atoms with Crippen molar-refractivity contribution in [2.75, 3.05) is 7.05 Å². The summed E-state index contributed by atoms with van der Waals surface area (Å²) in [6.07, 6.45) is 3.86. The van der Waals surface area contributed by atoms with E-state index in [2.05, 4.69) is 5.32 Å². The van der Waals surface area contributed by atoms with Gasteiger partial charge < -0.3 is 5.32 Å². The number of amides is 1. The molecule has 1 unspecified atom stereocenters.